The maximum Gasteiger partial charge on any atom is 0.258 e. The van der Waals surface area contributed by atoms with Crippen molar-refractivity contribution in [2.45, 2.75) is 12.3 Å². The zero-order valence-corrected chi connectivity index (χ0v) is 22.2. The highest BCUT2D eigenvalue weighted by Gasteiger charge is 2.35. The van der Waals surface area contributed by atoms with Crippen LogP contribution in [0.1, 0.15) is 37.8 Å². The van der Waals surface area contributed by atoms with Crippen LogP contribution in [0.4, 0.5) is 11.4 Å². The lowest BCUT2D eigenvalue weighted by Crippen LogP contribution is -2.31. The molecule has 7 rings (SSSR count). The molecule has 0 saturated carbocycles. The molecule has 5 aromatic carbocycles. The molecule has 0 radical (unpaired) electrons. The summed E-state index contributed by atoms with van der Waals surface area (Å²) in [7, 11) is 0. The number of hydrogen-bond donors (Lipinski definition) is 2. The number of phenolic OH excluding ortho intramolecular Hbond substituents is 2. The largest absolute Gasteiger partial charge is 0.507 e. The first-order valence-electron chi connectivity index (χ1n) is 13.2. The van der Waals surface area contributed by atoms with Gasteiger partial charge < -0.3 is 20.0 Å². The van der Waals surface area contributed by atoms with Crippen molar-refractivity contribution in [3.63, 3.8) is 0 Å². The normalized spacial score (nSPS) is 16.0. The second-order valence-corrected chi connectivity index (χ2v) is 10.7. The van der Waals surface area contributed by atoms with Gasteiger partial charge in [0.25, 0.3) is 11.8 Å². The van der Waals surface area contributed by atoms with E-state index in [1.165, 1.54) is 0 Å². The minimum atomic E-state index is -0.261. The van der Waals surface area contributed by atoms with Crippen LogP contribution in [0.15, 0.2) is 84.9 Å². The van der Waals surface area contributed by atoms with Crippen LogP contribution in [0.5, 0.6) is 11.5 Å². The zero-order chi connectivity index (χ0) is 27.5. The molecule has 0 aliphatic carbocycles. The summed E-state index contributed by atoms with van der Waals surface area (Å²) in [6.45, 7) is 0.873. The molecule has 2 heterocycles. The molecular formula is C33H25ClN2O4. The maximum atomic E-state index is 13.8. The lowest BCUT2D eigenvalue weighted by atomic mass is 9.95. The van der Waals surface area contributed by atoms with Crippen molar-refractivity contribution in [2.24, 2.45) is 0 Å². The van der Waals surface area contributed by atoms with Crippen LogP contribution in [0, 0.1) is 0 Å². The first kappa shape index (κ1) is 24.5. The number of anilines is 2. The quantitative estimate of drug-likeness (QED) is 0.249. The number of hydrogen-bond acceptors (Lipinski definition) is 4. The highest BCUT2D eigenvalue weighted by Crippen LogP contribution is 2.46. The van der Waals surface area contributed by atoms with Crippen LogP contribution in [0.3, 0.4) is 0 Å². The number of aromatic hydroxyl groups is 2. The Morgan fingerprint density at radius 1 is 0.725 bits per heavy atom. The van der Waals surface area contributed by atoms with E-state index in [0.29, 0.717) is 47.9 Å². The average molecular weight is 549 g/mol. The van der Waals surface area contributed by atoms with E-state index in [9.17, 15) is 19.8 Å². The molecule has 2 aliphatic rings. The molecule has 0 spiro atoms. The summed E-state index contributed by atoms with van der Waals surface area (Å²) in [4.78, 5) is 30.9. The van der Waals surface area contributed by atoms with Gasteiger partial charge in [-0.25, -0.2) is 0 Å². The number of fused-ring (bicyclic) bond motifs is 6. The Morgan fingerprint density at radius 2 is 1.30 bits per heavy atom. The van der Waals surface area contributed by atoms with Crippen LogP contribution in [-0.4, -0.2) is 41.0 Å². The number of nitrogens with zero attached hydrogens (tertiary/aromatic N) is 2. The molecule has 2 aliphatic heterocycles. The Kier molecular flexibility index (Phi) is 5.68. The Hall–Kier alpha value is -4.55. The highest BCUT2D eigenvalue weighted by molar-refractivity contribution is 6.19. The monoisotopic (exact) mass is 548 g/mol. The zero-order valence-electron chi connectivity index (χ0n) is 21.5. The molecule has 0 fully saturated rings. The maximum absolute atomic E-state index is 13.8. The van der Waals surface area contributed by atoms with Gasteiger partial charge in [0.05, 0.1) is 11.4 Å². The van der Waals surface area contributed by atoms with Gasteiger partial charge in [-0.1, -0.05) is 54.6 Å². The van der Waals surface area contributed by atoms with Crippen LogP contribution in [0.2, 0.25) is 0 Å². The van der Waals surface area contributed by atoms with Crippen LogP contribution >= 0.6 is 11.6 Å². The van der Waals surface area contributed by atoms with Gasteiger partial charge in [-0.2, -0.15) is 0 Å². The molecule has 7 heteroatoms. The molecule has 0 aromatic heterocycles. The van der Waals surface area contributed by atoms with Crippen molar-refractivity contribution in [2.75, 3.05) is 28.8 Å². The number of phenols is 2. The van der Waals surface area contributed by atoms with Crippen LogP contribution in [0.25, 0.3) is 21.5 Å². The summed E-state index contributed by atoms with van der Waals surface area (Å²) < 4.78 is 0. The van der Waals surface area contributed by atoms with Gasteiger partial charge in [-0.05, 0) is 46.5 Å². The Bertz CT molecular complexity index is 1870. The predicted molar refractivity (Wildman–Crippen MR) is 158 cm³/mol. The van der Waals surface area contributed by atoms with Crippen molar-refractivity contribution in [3.05, 3.63) is 107 Å². The third-order valence-electron chi connectivity index (χ3n) is 8.16. The minimum Gasteiger partial charge on any atom is -0.507 e. The second-order valence-electron chi connectivity index (χ2n) is 10.4. The van der Waals surface area contributed by atoms with Gasteiger partial charge in [0, 0.05) is 58.9 Å². The van der Waals surface area contributed by atoms with Crippen LogP contribution in [-0.2, 0) is 6.42 Å². The van der Waals surface area contributed by atoms with Crippen molar-refractivity contribution >= 4 is 56.3 Å². The molecule has 1 unspecified atom stereocenters. The van der Waals surface area contributed by atoms with E-state index in [0.717, 1.165) is 32.7 Å². The summed E-state index contributed by atoms with van der Waals surface area (Å²) >= 11 is 6.35. The smallest absolute Gasteiger partial charge is 0.258 e. The fraction of sp³-hybridized carbons (Fsp3) is 0.152. The SMILES string of the molecule is O=C(c1cccc(C(=O)N2CC(CCl)c3c2cc(O)c2ccccc32)c1)N1CCc2c1cc(O)c1ccccc21. The van der Waals surface area contributed by atoms with Gasteiger partial charge in [0.2, 0.25) is 0 Å². The molecule has 5 aromatic rings. The summed E-state index contributed by atoms with van der Waals surface area (Å²) in [6, 6.07) is 25.2. The van der Waals surface area contributed by atoms with Gasteiger partial charge >= 0.3 is 0 Å². The van der Waals surface area contributed by atoms with E-state index in [2.05, 4.69) is 0 Å². The van der Waals surface area contributed by atoms with Gasteiger partial charge in [-0.3, -0.25) is 9.59 Å². The summed E-state index contributed by atoms with van der Waals surface area (Å²) in [5.74, 6) is 0.000383. The number of carbonyl (C=O) groups is 2. The number of carbonyl (C=O) groups excluding carboxylic acids is 2. The van der Waals surface area contributed by atoms with Crippen molar-refractivity contribution in [3.8, 4) is 11.5 Å². The van der Waals surface area contributed by atoms with Crippen molar-refractivity contribution in [1.29, 1.82) is 0 Å². The fourth-order valence-corrected chi connectivity index (χ4v) is 6.55. The molecule has 6 nitrogen and oxygen atoms in total. The average Bonchev–Trinajstić information content (AvgIpc) is 3.58. The first-order chi connectivity index (χ1) is 19.5. The van der Waals surface area contributed by atoms with E-state index in [-0.39, 0.29) is 29.2 Å². The van der Waals surface area contributed by atoms with E-state index in [1.54, 1.807) is 46.2 Å². The predicted octanol–water partition coefficient (Wildman–Crippen LogP) is 6.59. The Morgan fingerprint density at radius 3 is 1.98 bits per heavy atom. The number of benzene rings is 5. The lowest BCUT2D eigenvalue weighted by Gasteiger charge is -2.20. The fourth-order valence-electron chi connectivity index (χ4n) is 6.30. The van der Waals surface area contributed by atoms with Gasteiger partial charge in [-0.15, -0.1) is 11.6 Å². The number of halogens is 1. The lowest BCUT2D eigenvalue weighted by molar-refractivity contribution is 0.0988. The molecule has 2 amide bonds. The van der Waals surface area contributed by atoms with E-state index >= 15 is 0 Å². The number of rotatable bonds is 3. The molecule has 198 valence electrons. The molecule has 40 heavy (non-hydrogen) atoms. The molecule has 2 N–H and O–H groups in total. The highest BCUT2D eigenvalue weighted by atomic mass is 35.5. The third-order valence-corrected chi connectivity index (χ3v) is 8.54. The Labute approximate surface area is 235 Å². The van der Waals surface area contributed by atoms with Crippen molar-refractivity contribution in [1.82, 2.24) is 0 Å². The molecule has 1 atom stereocenters. The first-order valence-corrected chi connectivity index (χ1v) is 13.8. The minimum absolute atomic E-state index is 0.0838. The van der Waals surface area contributed by atoms with Gasteiger partial charge in [0.15, 0.2) is 0 Å². The van der Waals surface area contributed by atoms with E-state index < -0.39 is 0 Å². The molecule has 0 saturated heterocycles. The summed E-state index contributed by atoms with van der Waals surface area (Å²) in [5.41, 5.74) is 4.08. The topological polar surface area (TPSA) is 81.1 Å². The van der Waals surface area contributed by atoms with E-state index in [1.807, 2.05) is 48.5 Å². The third kappa shape index (κ3) is 3.63. The van der Waals surface area contributed by atoms with Gasteiger partial charge in [0.1, 0.15) is 11.5 Å². The molecular weight excluding hydrogens is 524 g/mol. The summed E-state index contributed by atoms with van der Waals surface area (Å²) in [6.07, 6.45) is 0.683. The Balaban J connectivity index is 1.24. The molecule has 0 bridgehead atoms. The standard InChI is InChI=1S/C33H25ClN2O4/c34-17-21-18-36(28-16-30(38)25-10-3-4-11-26(25)31(21)28)33(40)20-7-5-6-19(14-20)32(39)35-13-12-23-22-8-1-2-9-24(22)29(37)15-27(23)35/h1-11,14-16,21,37-38H,12-13,17-18H2. The number of alkyl halides is 1. The van der Waals surface area contributed by atoms with E-state index in [4.69, 9.17) is 11.6 Å². The van der Waals surface area contributed by atoms with Crippen molar-refractivity contribution < 1.29 is 19.8 Å². The second kappa shape index (κ2) is 9.28. The summed E-state index contributed by atoms with van der Waals surface area (Å²) in [5, 5.41) is 24.7. The van der Waals surface area contributed by atoms with Crippen LogP contribution < -0.4 is 9.80 Å². The number of amides is 2.